The molecule has 1 aliphatic rings. The summed E-state index contributed by atoms with van der Waals surface area (Å²) in [5, 5.41) is 6.53. The number of halogens is 2. The number of carbonyl (C=O) groups is 1. The third-order valence-electron chi connectivity index (χ3n) is 5.59. The van der Waals surface area contributed by atoms with Crippen molar-refractivity contribution in [3.05, 3.63) is 35.4 Å². The van der Waals surface area contributed by atoms with Gasteiger partial charge in [0.15, 0.2) is 0 Å². The molecule has 0 saturated carbocycles. The summed E-state index contributed by atoms with van der Waals surface area (Å²) in [5.41, 5.74) is 2.52. The van der Waals surface area contributed by atoms with Gasteiger partial charge in [-0.1, -0.05) is 31.2 Å². The second kappa shape index (κ2) is 13.4. The molecule has 0 aliphatic carbocycles. The van der Waals surface area contributed by atoms with Gasteiger partial charge in [0.1, 0.15) is 0 Å². The lowest BCUT2D eigenvalue weighted by atomic mass is 9.84. The Morgan fingerprint density at radius 3 is 2.33 bits per heavy atom. The molecule has 4 nitrogen and oxygen atoms in total. The van der Waals surface area contributed by atoms with Gasteiger partial charge in [0, 0.05) is 25.6 Å². The highest BCUT2D eigenvalue weighted by atomic mass is 35.5. The van der Waals surface area contributed by atoms with Gasteiger partial charge in [-0.25, -0.2) is 0 Å². The number of nitrogens with one attached hydrogen (secondary N) is 2. The molecule has 2 rings (SSSR count). The second-order valence-corrected chi connectivity index (χ2v) is 7.82. The predicted octanol–water partition coefficient (Wildman–Crippen LogP) is 4.01. The molecule has 0 spiro atoms. The van der Waals surface area contributed by atoms with Gasteiger partial charge in [-0.15, -0.1) is 24.8 Å². The zero-order chi connectivity index (χ0) is 18.2. The van der Waals surface area contributed by atoms with E-state index in [0.717, 1.165) is 19.6 Å². The Balaban J connectivity index is 0.00000338. The molecule has 0 bridgehead atoms. The van der Waals surface area contributed by atoms with Crippen molar-refractivity contribution in [3.63, 3.8) is 0 Å². The van der Waals surface area contributed by atoms with Gasteiger partial charge in [-0.2, -0.15) is 0 Å². The average Bonchev–Trinajstić information content (AvgIpc) is 2.61. The number of piperidine rings is 1. The number of amides is 1. The molecular formula is C21H37Cl2N3O. The van der Waals surface area contributed by atoms with Crippen LogP contribution in [0.2, 0.25) is 0 Å². The molecule has 0 aromatic heterocycles. The van der Waals surface area contributed by atoms with E-state index in [4.69, 9.17) is 0 Å². The third-order valence-corrected chi connectivity index (χ3v) is 5.59. The van der Waals surface area contributed by atoms with Gasteiger partial charge in [0.25, 0.3) is 0 Å². The highest BCUT2D eigenvalue weighted by molar-refractivity contribution is 5.85. The minimum absolute atomic E-state index is 0. The fourth-order valence-corrected chi connectivity index (χ4v) is 3.47. The van der Waals surface area contributed by atoms with Gasteiger partial charge in [-0.05, 0) is 69.8 Å². The molecule has 0 radical (unpaired) electrons. The van der Waals surface area contributed by atoms with E-state index in [1.54, 1.807) is 0 Å². The van der Waals surface area contributed by atoms with Gasteiger partial charge in [0.2, 0.25) is 5.91 Å². The maximum Gasteiger partial charge on any atom is 0.220 e. The summed E-state index contributed by atoms with van der Waals surface area (Å²) in [6.07, 6.45) is 3.02. The minimum atomic E-state index is 0. The summed E-state index contributed by atoms with van der Waals surface area (Å²) in [5.74, 6) is 1.32. The van der Waals surface area contributed by atoms with Crippen molar-refractivity contribution in [2.24, 2.45) is 11.8 Å². The average molecular weight is 418 g/mol. The number of carbonyl (C=O) groups excluding carboxylic acids is 1. The Kier molecular flexibility index (Phi) is 13.0. The summed E-state index contributed by atoms with van der Waals surface area (Å²) in [6.45, 7) is 10.3. The van der Waals surface area contributed by atoms with E-state index >= 15 is 0 Å². The number of rotatable bonds is 8. The molecule has 2 N–H and O–H groups in total. The van der Waals surface area contributed by atoms with Gasteiger partial charge in [-0.3, -0.25) is 9.69 Å². The van der Waals surface area contributed by atoms with Crippen LogP contribution >= 0.6 is 24.8 Å². The molecule has 1 aromatic carbocycles. The summed E-state index contributed by atoms with van der Waals surface area (Å²) in [6, 6.07) is 8.93. The molecule has 1 saturated heterocycles. The number of benzene rings is 1. The fraction of sp³-hybridized carbons (Fsp3) is 0.667. The van der Waals surface area contributed by atoms with Crippen molar-refractivity contribution >= 4 is 30.7 Å². The first-order chi connectivity index (χ1) is 12.0. The normalized spacial score (nSPS) is 15.8. The SMILES string of the molecule is CC(CC(=O)NCc1ccccc1CN(C)C(C)C)C1CCNCC1.Cl.Cl. The molecule has 1 aliphatic heterocycles. The van der Waals surface area contributed by atoms with Gasteiger partial charge < -0.3 is 10.6 Å². The number of hydrogen-bond donors (Lipinski definition) is 2. The largest absolute Gasteiger partial charge is 0.352 e. The summed E-state index contributed by atoms with van der Waals surface area (Å²) in [4.78, 5) is 14.7. The minimum Gasteiger partial charge on any atom is -0.352 e. The molecule has 1 atom stereocenters. The number of hydrogen-bond acceptors (Lipinski definition) is 3. The molecule has 1 unspecified atom stereocenters. The van der Waals surface area contributed by atoms with Crippen molar-refractivity contribution < 1.29 is 4.79 Å². The van der Waals surface area contributed by atoms with Crippen LogP contribution in [0.15, 0.2) is 24.3 Å². The van der Waals surface area contributed by atoms with Crippen molar-refractivity contribution in [2.45, 2.75) is 59.2 Å². The van der Waals surface area contributed by atoms with Crippen LogP contribution in [0.25, 0.3) is 0 Å². The lowest BCUT2D eigenvalue weighted by Gasteiger charge is -2.28. The Morgan fingerprint density at radius 2 is 1.74 bits per heavy atom. The fourth-order valence-electron chi connectivity index (χ4n) is 3.47. The molecule has 156 valence electrons. The smallest absolute Gasteiger partial charge is 0.220 e. The predicted molar refractivity (Wildman–Crippen MR) is 119 cm³/mol. The summed E-state index contributed by atoms with van der Waals surface area (Å²) in [7, 11) is 2.14. The Morgan fingerprint density at radius 1 is 1.15 bits per heavy atom. The van der Waals surface area contributed by atoms with Crippen molar-refractivity contribution in [3.8, 4) is 0 Å². The van der Waals surface area contributed by atoms with Crippen molar-refractivity contribution in [1.29, 1.82) is 0 Å². The van der Waals surface area contributed by atoms with Crippen LogP contribution in [0.3, 0.4) is 0 Å². The quantitative estimate of drug-likeness (QED) is 0.671. The van der Waals surface area contributed by atoms with E-state index in [9.17, 15) is 4.79 Å². The van der Waals surface area contributed by atoms with Crippen LogP contribution in [0.1, 0.15) is 51.2 Å². The lowest BCUT2D eigenvalue weighted by molar-refractivity contribution is -0.122. The van der Waals surface area contributed by atoms with Crippen LogP contribution in [0.5, 0.6) is 0 Å². The lowest BCUT2D eigenvalue weighted by Crippen LogP contribution is -2.33. The first-order valence-electron chi connectivity index (χ1n) is 9.71. The van der Waals surface area contributed by atoms with E-state index in [1.807, 2.05) is 0 Å². The topological polar surface area (TPSA) is 44.4 Å². The molecule has 6 heteroatoms. The molecule has 1 aromatic rings. The zero-order valence-electron chi connectivity index (χ0n) is 17.2. The maximum atomic E-state index is 12.4. The van der Waals surface area contributed by atoms with E-state index in [2.05, 4.69) is 67.6 Å². The Labute approximate surface area is 177 Å². The Hall–Kier alpha value is -0.810. The van der Waals surface area contributed by atoms with E-state index in [1.165, 1.54) is 24.0 Å². The van der Waals surface area contributed by atoms with Gasteiger partial charge in [0.05, 0.1) is 0 Å². The van der Waals surface area contributed by atoms with Gasteiger partial charge >= 0.3 is 0 Å². The van der Waals surface area contributed by atoms with Crippen LogP contribution in [0, 0.1) is 11.8 Å². The van der Waals surface area contributed by atoms with Crippen LogP contribution < -0.4 is 10.6 Å². The molecular weight excluding hydrogens is 381 g/mol. The molecule has 1 fully saturated rings. The zero-order valence-corrected chi connectivity index (χ0v) is 18.8. The van der Waals surface area contributed by atoms with Crippen molar-refractivity contribution in [1.82, 2.24) is 15.5 Å². The first-order valence-corrected chi connectivity index (χ1v) is 9.71. The maximum absolute atomic E-state index is 12.4. The van der Waals surface area contributed by atoms with E-state index in [0.29, 0.717) is 30.8 Å². The number of nitrogens with zero attached hydrogens (tertiary/aromatic N) is 1. The summed E-state index contributed by atoms with van der Waals surface area (Å²) < 4.78 is 0. The molecule has 1 amide bonds. The monoisotopic (exact) mass is 417 g/mol. The van der Waals surface area contributed by atoms with Crippen LogP contribution in [-0.2, 0) is 17.9 Å². The van der Waals surface area contributed by atoms with E-state index in [-0.39, 0.29) is 30.7 Å². The van der Waals surface area contributed by atoms with Crippen LogP contribution in [0.4, 0.5) is 0 Å². The standard InChI is InChI=1S/C21H35N3O.2ClH/c1-16(2)24(4)15-20-8-6-5-7-19(20)14-23-21(25)13-17(3)18-9-11-22-12-10-18;;/h5-8,16-18,22H,9-15H2,1-4H3,(H,23,25);2*1H. The highest BCUT2D eigenvalue weighted by Crippen LogP contribution is 2.24. The molecule has 1 heterocycles. The van der Waals surface area contributed by atoms with Crippen molar-refractivity contribution in [2.75, 3.05) is 20.1 Å². The Bertz CT molecular complexity index is 548. The molecule has 27 heavy (non-hydrogen) atoms. The summed E-state index contributed by atoms with van der Waals surface area (Å²) >= 11 is 0. The van der Waals surface area contributed by atoms with E-state index < -0.39 is 0 Å². The third kappa shape index (κ3) is 8.82. The second-order valence-electron chi connectivity index (χ2n) is 7.82. The van der Waals surface area contributed by atoms with Crippen LogP contribution in [-0.4, -0.2) is 37.0 Å². The highest BCUT2D eigenvalue weighted by Gasteiger charge is 2.22. The first kappa shape index (κ1) is 26.2.